The van der Waals surface area contributed by atoms with Crippen LogP contribution in [0.4, 0.5) is 0 Å². The van der Waals surface area contributed by atoms with E-state index >= 15 is 0 Å². The van der Waals surface area contributed by atoms with Gasteiger partial charge in [0.1, 0.15) is 0 Å². The minimum atomic E-state index is -0.485. The molecule has 2 aromatic rings. The zero-order valence-corrected chi connectivity index (χ0v) is 12.7. The van der Waals surface area contributed by atoms with Gasteiger partial charge in [-0.3, -0.25) is 4.79 Å². The van der Waals surface area contributed by atoms with Crippen molar-refractivity contribution < 1.29 is 19.0 Å². The van der Waals surface area contributed by atoms with E-state index in [1.807, 2.05) is 6.07 Å². The van der Waals surface area contributed by atoms with Crippen molar-refractivity contribution in [3.05, 3.63) is 58.0 Å². The molecule has 1 heterocycles. The Morgan fingerprint density at radius 1 is 1.05 bits per heavy atom. The summed E-state index contributed by atoms with van der Waals surface area (Å²) in [6.45, 7) is 0.310. The maximum atomic E-state index is 11.9. The minimum absolute atomic E-state index is 0.206. The van der Waals surface area contributed by atoms with Crippen LogP contribution in [0.2, 0.25) is 0 Å². The zero-order chi connectivity index (χ0) is 16.1. The molecule has 6 nitrogen and oxygen atoms in total. The fraction of sp³-hybridized carbons (Fsp3) is 0.250. The Bertz CT molecular complexity index is 736. The highest BCUT2D eigenvalue weighted by molar-refractivity contribution is 5.88. The van der Waals surface area contributed by atoms with Crippen molar-refractivity contribution >= 4 is 5.97 Å². The molecule has 0 radical (unpaired) electrons. The van der Waals surface area contributed by atoms with Gasteiger partial charge in [0, 0.05) is 12.3 Å². The van der Waals surface area contributed by atoms with Crippen LogP contribution in [-0.4, -0.2) is 31.9 Å². The largest absolute Gasteiger partial charge is 0.493 e. The van der Waals surface area contributed by atoms with E-state index in [1.165, 1.54) is 30.0 Å². The first-order valence-corrected chi connectivity index (χ1v) is 6.58. The summed E-state index contributed by atoms with van der Waals surface area (Å²) in [7, 11) is 4.40. The van der Waals surface area contributed by atoms with Gasteiger partial charge in [0.15, 0.2) is 11.5 Å². The van der Waals surface area contributed by atoms with Gasteiger partial charge in [0.25, 0.3) is 5.56 Å². The first kappa shape index (κ1) is 15.6. The molecule has 6 heteroatoms. The number of nitrogens with zero attached hydrogens (tertiary/aromatic N) is 1. The normalized spacial score (nSPS) is 10.1. The summed E-state index contributed by atoms with van der Waals surface area (Å²) in [6, 6.07) is 8.17. The number of benzene rings is 1. The number of pyridine rings is 1. The van der Waals surface area contributed by atoms with Gasteiger partial charge in [-0.15, -0.1) is 0 Å². The number of hydrogen-bond acceptors (Lipinski definition) is 5. The van der Waals surface area contributed by atoms with Gasteiger partial charge in [-0.1, -0.05) is 6.07 Å². The molecule has 0 saturated carbocycles. The fourth-order valence-electron chi connectivity index (χ4n) is 2.07. The lowest BCUT2D eigenvalue weighted by atomic mass is 10.2. The van der Waals surface area contributed by atoms with Crippen molar-refractivity contribution in [2.45, 2.75) is 6.54 Å². The molecular formula is C16H17NO5. The molecular weight excluding hydrogens is 286 g/mol. The topological polar surface area (TPSA) is 66.8 Å². The fourth-order valence-corrected chi connectivity index (χ4v) is 2.07. The first-order valence-electron chi connectivity index (χ1n) is 6.58. The summed E-state index contributed by atoms with van der Waals surface area (Å²) in [4.78, 5) is 23.5. The van der Waals surface area contributed by atoms with Crippen molar-refractivity contribution in [3.8, 4) is 11.5 Å². The summed E-state index contributed by atoms with van der Waals surface area (Å²) >= 11 is 0. The standard InChI is InChI=1S/C16H17NO5/c1-20-13-6-4-11(8-14(13)21-2)9-17-10-12(16(19)22-3)5-7-15(17)18/h4-8,10H,9H2,1-3H3. The van der Waals surface area contributed by atoms with E-state index in [-0.39, 0.29) is 5.56 Å². The average Bonchev–Trinajstić information content (AvgIpc) is 2.55. The van der Waals surface area contributed by atoms with Crippen LogP contribution in [0.3, 0.4) is 0 Å². The summed E-state index contributed by atoms with van der Waals surface area (Å²) in [5.74, 6) is 0.708. The van der Waals surface area contributed by atoms with Crippen LogP contribution in [0.25, 0.3) is 0 Å². The van der Waals surface area contributed by atoms with E-state index < -0.39 is 5.97 Å². The van der Waals surface area contributed by atoms with E-state index in [2.05, 4.69) is 4.74 Å². The summed E-state index contributed by atoms with van der Waals surface area (Å²) in [5, 5.41) is 0. The van der Waals surface area contributed by atoms with Crippen LogP contribution in [-0.2, 0) is 11.3 Å². The van der Waals surface area contributed by atoms with Crippen molar-refractivity contribution in [3.63, 3.8) is 0 Å². The Morgan fingerprint density at radius 2 is 1.77 bits per heavy atom. The lowest BCUT2D eigenvalue weighted by molar-refractivity contribution is 0.0599. The lowest BCUT2D eigenvalue weighted by Crippen LogP contribution is -2.21. The highest BCUT2D eigenvalue weighted by Gasteiger charge is 2.09. The van der Waals surface area contributed by atoms with E-state index in [0.29, 0.717) is 23.6 Å². The highest BCUT2D eigenvalue weighted by atomic mass is 16.5. The molecule has 22 heavy (non-hydrogen) atoms. The van der Waals surface area contributed by atoms with Gasteiger partial charge in [-0.25, -0.2) is 4.79 Å². The van der Waals surface area contributed by atoms with Crippen LogP contribution in [0.5, 0.6) is 11.5 Å². The Kier molecular flexibility index (Phi) is 4.83. The molecule has 2 rings (SSSR count). The van der Waals surface area contributed by atoms with E-state index in [9.17, 15) is 9.59 Å². The molecule has 0 N–H and O–H groups in total. The predicted molar refractivity (Wildman–Crippen MR) is 80.7 cm³/mol. The number of carbonyl (C=O) groups is 1. The Balaban J connectivity index is 2.34. The van der Waals surface area contributed by atoms with Gasteiger partial charge in [-0.05, 0) is 23.8 Å². The molecule has 0 bridgehead atoms. The van der Waals surface area contributed by atoms with Crippen molar-refractivity contribution in [1.82, 2.24) is 4.57 Å². The van der Waals surface area contributed by atoms with Crippen molar-refractivity contribution in [2.24, 2.45) is 0 Å². The zero-order valence-electron chi connectivity index (χ0n) is 12.7. The smallest absolute Gasteiger partial charge is 0.339 e. The number of hydrogen-bond donors (Lipinski definition) is 0. The van der Waals surface area contributed by atoms with Crippen LogP contribution in [0, 0.1) is 0 Å². The van der Waals surface area contributed by atoms with Crippen LogP contribution in [0.1, 0.15) is 15.9 Å². The monoisotopic (exact) mass is 303 g/mol. The number of methoxy groups -OCH3 is 3. The lowest BCUT2D eigenvalue weighted by Gasteiger charge is -2.11. The summed E-state index contributed by atoms with van der Waals surface area (Å²) < 4.78 is 16.5. The Morgan fingerprint density at radius 3 is 2.41 bits per heavy atom. The van der Waals surface area contributed by atoms with Crippen molar-refractivity contribution in [2.75, 3.05) is 21.3 Å². The number of esters is 1. The predicted octanol–water partition coefficient (Wildman–Crippen LogP) is 1.70. The molecule has 0 aliphatic carbocycles. The molecule has 0 saturated heterocycles. The minimum Gasteiger partial charge on any atom is -0.493 e. The quantitative estimate of drug-likeness (QED) is 0.787. The molecule has 0 spiro atoms. The van der Waals surface area contributed by atoms with E-state index in [4.69, 9.17) is 9.47 Å². The summed E-state index contributed by atoms with van der Waals surface area (Å²) in [6.07, 6.45) is 1.48. The molecule has 1 aromatic heterocycles. The highest BCUT2D eigenvalue weighted by Crippen LogP contribution is 2.27. The molecule has 0 amide bonds. The number of aromatic nitrogens is 1. The van der Waals surface area contributed by atoms with Crippen LogP contribution < -0.4 is 15.0 Å². The van der Waals surface area contributed by atoms with Gasteiger partial charge in [0.05, 0.1) is 33.4 Å². The first-order chi connectivity index (χ1) is 10.6. The van der Waals surface area contributed by atoms with E-state index in [1.54, 1.807) is 26.4 Å². The molecule has 0 unspecified atom stereocenters. The molecule has 0 fully saturated rings. The van der Waals surface area contributed by atoms with Crippen molar-refractivity contribution in [1.29, 1.82) is 0 Å². The number of carbonyl (C=O) groups excluding carboxylic acids is 1. The Labute approximate surface area is 127 Å². The SMILES string of the molecule is COC(=O)c1ccc(=O)n(Cc2ccc(OC)c(OC)c2)c1. The second-order valence-electron chi connectivity index (χ2n) is 4.56. The average molecular weight is 303 g/mol. The molecule has 116 valence electrons. The third kappa shape index (κ3) is 3.28. The maximum Gasteiger partial charge on any atom is 0.339 e. The second-order valence-corrected chi connectivity index (χ2v) is 4.56. The van der Waals surface area contributed by atoms with Crippen LogP contribution in [0.15, 0.2) is 41.3 Å². The Hall–Kier alpha value is -2.76. The summed E-state index contributed by atoms with van der Waals surface area (Å²) in [5.41, 5.74) is 0.965. The molecule has 0 aliphatic rings. The van der Waals surface area contributed by atoms with Crippen LogP contribution >= 0.6 is 0 Å². The van der Waals surface area contributed by atoms with E-state index in [0.717, 1.165) is 5.56 Å². The molecule has 0 atom stereocenters. The van der Waals surface area contributed by atoms with Gasteiger partial charge >= 0.3 is 5.97 Å². The van der Waals surface area contributed by atoms with Gasteiger partial charge in [-0.2, -0.15) is 0 Å². The maximum absolute atomic E-state index is 11.9. The van der Waals surface area contributed by atoms with Gasteiger partial charge < -0.3 is 18.8 Å². The third-order valence-corrected chi connectivity index (χ3v) is 3.21. The molecule has 1 aromatic carbocycles. The third-order valence-electron chi connectivity index (χ3n) is 3.21. The molecule has 0 aliphatic heterocycles. The van der Waals surface area contributed by atoms with Gasteiger partial charge in [0.2, 0.25) is 0 Å². The second kappa shape index (κ2) is 6.80. The number of ether oxygens (including phenoxy) is 3. The number of rotatable bonds is 5.